The molecule has 0 radical (unpaired) electrons. The molecule has 3 unspecified atom stereocenters. The average Bonchev–Trinajstić information content (AvgIpc) is 2.17. The van der Waals surface area contributed by atoms with E-state index in [0.29, 0.717) is 12.0 Å². The van der Waals surface area contributed by atoms with E-state index >= 15 is 0 Å². The molecule has 3 heteroatoms. The Labute approximate surface area is 85.1 Å². The quantitative estimate of drug-likeness (QED) is 0.694. The molecule has 14 heavy (non-hydrogen) atoms. The normalized spacial score (nSPS) is 39.1. The molecule has 0 aromatic carbocycles. The molecule has 0 aromatic heterocycles. The van der Waals surface area contributed by atoms with E-state index < -0.39 is 5.97 Å². The number of likely N-dealkylation sites (tertiary alicyclic amines) is 1. The fraction of sp³-hybridized carbons (Fsp3) is 0.909. The van der Waals surface area contributed by atoms with E-state index in [4.69, 9.17) is 5.11 Å². The van der Waals surface area contributed by atoms with Crippen LogP contribution in [0.25, 0.3) is 0 Å². The number of fused-ring (bicyclic) bond motifs is 1. The van der Waals surface area contributed by atoms with Gasteiger partial charge in [0.05, 0.1) is 5.92 Å². The van der Waals surface area contributed by atoms with Crippen LogP contribution >= 0.6 is 0 Å². The average molecular weight is 197 g/mol. The monoisotopic (exact) mass is 197 g/mol. The number of carbonyl (C=O) groups is 1. The summed E-state index contributed by atoms with van der Waals surface area (Å²) < 4.78 is 0. The number of nitrogens with zero attached hydrogens (tertiary/aromatic N) is 1. The molecule has 1 aliphatic carbocycles. The molecule has 2 fully saturated rings. The fourth-order valence-electron chi connectivity index (χ4n) is 3.15. The standard InChI is InChI=1S/C11H19NO2/c1-12-7-9(11(13)14)6-8-4-2-3-5-10(8)12/h8-10H,2-7H2,1H3,(H,13,14). The topological polar surface area (TPSA) is 40.5 Å². The van der Waals surface area contributed by atoms with Gasteiger partial charge in [0, 0.05) is 12.6 Å². The number of aliphatic carboxylic acids is 1. The second-order valence-electron chi connectivity index (χ2n) is 4.82. The van der Waals surface area contributed by atoms with Crippen molar-refractivity contribution in [1.29, 1.82) is 0 Å². The first-order valence-electron chi connectivity index (χ1n) is 5.61. The molecular weight excluding hydrogens is 178 g/mol. The summed E-state index contributed by atoms with van der Waals surface area (Å²) in [5.74, 6) is -0.0937. The molecule has 1 saturated carbocycles. The lowest BCUT2D eigenvalue weighted by Gasteiger charge is -2.44. The first-order valence-corrected chi connectivity index (χ1v) is 5.61. The highest BCUT2D eigenvalue weighted by Gasteiger charge is 2.37. The maximum absolute atomic E-state index is 10.9. The summed E-state index contributed by atoms with van der Waals surface area (Å²) in [5, 5.41) is 9.02. The smallest absolute Gasteiger partial charge is 0.307 e. The van der Waals surface area contributed by atoms with Gasteiger partial charge >= 0.3 is 5.97 Å². The Kier molecular flexibility index (Phi) is 2.77. The van der Waals surface area contributed by atoms with Crippen LogP contribution < -0.4 is 0 Å². The lowest BCUT2D eigenvalue weighted by atomic mass is 9.75. The number of piperidine rings is 1. The maximum Gasteiger partial charge on any atom is 0.307 e. The van der Waals surface area contributed by atoms with Crippen molar-refractivity contribution in [3.63, 3.8) is 0 Å². The van der Waals surface area contributed by atoms with Crippen LogP contribution in [0.2, 0.25) is 0 Å². The minimum atomic E-state index is -0.610. The molecule has 3 atom stereocenters. The Morgan fingerprint density at radius 1 is 1.36 bits per heavy atom. The first kappa shape index (κ1) is 9.97. The van der Waals surface area contributed by atoms with Gasteiger partial charge in [0.1, 0.15) is 0 Å². The third-order valence-electron chi connectivity index (χ3n) is 3.88. The zero-order valence-electron chi connectivity index (χ0n) is 8.78. The number of rotatable bonds is 1. The van der Waals surface area contributed by atoms with Gasteiger partial charge < -0.3 is 10.0 Å². The Balaban J connectivity index is 2.04. The van der Waals surface area contributed by atoms with Crippen molar-refractivity contribution < 1.29 is 9.90 Å². The van der Waals surface area contributed by atoms with Gasteiger partial charge in [-0.3, -0.25) is 4.79 Å². The van der Waals surface area contributed by atoms with Gasteiger partial charge in [-0.1, -0.05) is 12.8 Å². The van der Waals surface area contributed by atoms with E-state index in [0.717, 1.165) is 13.0 Å². The Hall–Kier alpha value is -0.570. The molecule has 1 N–H and O–H groups in total. The lowest BCUT2D eigenvalue weighted by molar-refractivity contribution is -0.145. The molecule has 1 heterocycles. The summed E-state index contributed by atoms with van der Waals surface area (Å²) in [6.07, 6.45) is 6.03. The van der Waals surface area contributed by atoms with Gasteiger partial charge in [0.15, 0.2) is 0 Å². The van der Waals surface area contributed by atoms with Crippen LogP contribution in [-0.2, 0) is 4.79 Å². The summed E-state index contributed by atoms with van der Waals surface area (Å²) in [4.78, 5) is 13.2. The van der Waals surface area contributed by atoms with Crippen LogP contribution in [0.5, 0.6) is 0 Å². The van der Waals surface area contributed by atoms with Gasteiger partial charge in [-0.25, -0.2) is 0 Å². The molecule has 80 valence electrons. The van der Waals surface area contributed by atoms with Crippen LogP contribution in [-0.4, -0.2) is 35.6 Å². The first-order chi connectivity index (χ1) is 6.68. The van der Waals surface area contributed by atoms with Crippen molar-refractivity contribution >= 4 is 5.97 Å². The van der Waals surface area contributed by atoms with E-state index in [1.54, 1.807) is 0 Å². The minimum absolute atomic E-state index is 0.126. The molecule has 2 aliphatic rings. The van der Waals surface area contributed by atoms with Gasteiger partial charge in [-0.15, -0.1) is 0 Å². The lowest BCUT2D eigenvalue weighted by Crippen LogP contribution is -2.49. The highest BCUT2D eigenvalue weighted by molar-refractivity contribution is 5.70. The zero-order valence-corrected chi connectivity index (χ0v) is 8.78. The molecule has 1 saturated heterocycles. The molecular formula is C11H19NO2. The van der Waals surface area contributed by atoms with Crippen LogP contribution in [0.3, 0.4) is 0 Å². The number of carboxylic acid groups (broad SMARTS) is 1. The van der Waals surface area contributed by atoms with E-state index in [-0.39, 0.29) is 5.92 Å². The summed E-state index contributed by atoms with van der Waals surface area (Å²) in [6, 6.07) is 0.666. The highest BCUT2D eigenvalue weighted by atomic mass is 16.4. The van der Waals surface area contributed by atoms with Crippen molar-refractivity contribution in [2.45, 2.75) is 38.1 Å². The molecule has 0 amide bonds. The summed E-state index contributed by atoms with van der Waals surface area (Å²) >= 11 is 0. The Morgan fingerprint density at radius 2 is 2.07 bits per heavy atom. The van der Waals surface area contributed by atoms with Crippen molar-refractivity contribution in [2.24, 2.45) is 11.8 Å². The van der Waals surface area contributed by atoms with Crippen LogP contribution in [0.15, 0.2) is 0 Å². The second kappa shape index (κ2) is 3.89. The van der Waals surface area contributed by atoms with Crippen molar-refractivity contribution in [1.82, 2.24) is 4.90 Å². The molecule has 0 aromatic rings. The second-order valence-corrected chi connectivity index (χ2v) is 4.82. The Bertz CT molecular complexity index is 229. The van der Waals surface area contributed by atoms with Crippen LogP contribution in [0.4, 0.5) is 0 Å². The molecule has 3 nitrogen and oxygen atoms in total. The van der Waals surface area contributed by atoms with Gasteiger partial charge in [0.25, 0.3) is 0 Å². The molecule has 2 rings (SSSR count). The van der Waals surface area contributed by atoms with Crippen molar-refractivity contribution in [3.8, 4) is 0 Å². The summed E-state index contributed by atoms with van der Waals surface area (Å²) in [7, 11) is 2.08. The fourth-order valence-corrected chi connectivity index (χ4v) is 3.15. The van der Waals surface area contributed by atoms with E-state index in [9.17, 15) is 4.79 Å². The van der Waals surface area contributed by atoms with E-state index in [1.807, 2.05) is 0 Å². The SMILES string of the molecule is CN1CC(C(=O)O)CC2CCCCC21. The van der Waals surface area contributed by atoms with Gasteiger partial charge in [-0.05, 0) is 32.2 Å². The zero-order chi connectivity index (χ0) is 10.1. The van der Waals surface area contributed by atoms with Crippen LogP contribution in [0.1, 0.15) is 32.1 Å². The third-order valence-corrected chi connectivity index (χ3v) is 3.88. The van der Waals surface area contributed by atoms with E-state index in [1.165, 1.54) is 25.7 Å². The minimum Gasteiger partial charge on any atom is -0.481 e. The van der Waals surface area contributed by atoms with Gasteiger partial charge in [0.2, 0.25) is 0 Å². The molecule has 0 bridgehead atoms. The van der Waals surface area contributed by atoms with Crippen LogP contribution in [0, 0.1) is 11.8 Å². The number of hydrogen-bond donors (Lipinski definition) is 1. The third kappa shape index (κ3) is 1.78. The summed E-state index contributed by atoms with van der Waals surface area (Å²) in [6.45, 7) is 0.747. The maximum atomic E-state index is 10.9. The molecule has 0 spiro atoms. The van der Waals surface area contributed by atoms with Gasteiger partial charge in [-0.2, -0.15) is 0 Å². The largest absolute Gasteiger partial charge is 0.481 e. The Morgan fingerprint density at radius 3 is 2.79 bits per heavy atom. The highest BCUT2D eigenvalue weighted by Crippen LogP contribution is 2.36. The van der Waals surface area contributed by atoms with Crippen molar-refractivity contribution in [3.05, 3.63) is 0 Å². The predicted octanol–water partition coefficient (Wildman–Crippen LogP) is 1.58. The predicted molar refractivity (Wildman–Crippen MR) is 54.1 cm³/mol. The summed E-state index contributed by atoms with van der Waals surface area (Å²) in [5.41, 5.74) is 0. The van der Waals surface area contributed by atoms with Crippen molar-refractivity contribution in [2.75, 3.05) is 13.6 Å². The number of hydrogen-bond acceptors (Lipinski definition) is 2. The number of carboxylic acids is 1. The van der Waals surface area contributed by atoms with E-state index in [2.05, 4.69) is 11.9 Å². The molecule has 1 aliphatic heterocycles.